The highest BCUT2D eigenvalue weighted by Gasteiger charge is 2.27. The molecule has 0 aliphatic heterocycles. The maximum Gasteiger partial charge on any atom is 0.167 e. The van der Waals surface area contributed by atoms with E-state index in [-0.39, 0.29) is 5.92 Å². The number of rotatable bonds is 3. The third-order valence-electron chi connectivity index (χ3n) is 3.21. The molecule has 82 valence electrons. The zero-order chi connectivity index (χ0) is 10.8. The molecule has 15 heavy (non-hydrogen) atoms. The van der Waals surface area contributed by atoms with Crippen LogP contribution < -0.4 is 0 Å². The fourth-order valence-electron chi connectivity index (χ4n) is 2.32. The second-order valence-corrected chi connectivity index (χ2v) is 4.07. The van der Waals surface area contributed by atoms with Gasteiger partial charge in [0.15, 0.2) is 5.78 Å². The summed E-state index contributed by atoms with van der Waals surface area (Å²) in [5, 5.41) is 0. The quantitative estimate of drug-likeness (QED) is 0.761. The summed E-state index contributed by atoms with van der Waals surface area (Å²) in [6.45, 7) is 2.62. The summed E-state index contributed by atoms with van der Waals surface area (Å²) in [7, 11) is 1.67. The van der Waals surface area contributed by atoms with Crippen LogP contribution in [0.1, 0.15) is 35.8 Å². The van der Waals surface area contributed by atoms with Crippen molar-refractivity contribution in [1.82, 2.24) is 4.57 Å². The van der Waals surface area contributed by atoms with Gasteiger partial charge in [-0.05, 0) is 25.3 Å². The van der Waals surface area contributed by atoms with Crippen LogP contribution in [0.5, 0.6) is 0 Å². The average Bonchev–Trinajstić information content (AvgIpc) is 2.64. The van der Waals surface area contributed by atoms with E-state index in [2.05, 4.69) is 6.92 Å². The predicted molar refractivity (Wildman–Crippen MR) is 57.9 cm³/mol. The summed E-state index contributed by atoms with van der Waals surface area (Å²) in [5.74, 6) is 0.546. The number of Topliss-reactive ketones (excluding diaryl/α,β-unsaturated/α-hetero) is 1. The van der Waals surface area contributed by atoms with E-state index < -0.39 is 0 Å². The van der Waals surface area contributed by atoms with Crippen LogP contribution in [0.3, 0.4) is 0 Å². The zero-order valence-electron chi connectivity index (χ0n) is 9.32. The number of ether oxygens (including phenoxy) is 1. The Bertz CT molecular complexity index is 368. The SMILES string of the molecule is CCC1CCc2c(ccn2COC)C1=O. The van der Waals surface area contributed by atoms with E-state index in [1.54, 1.807) is 7.11 Å². The number of nitrogens with zero attached hydrogens (tertiary/aromatic N) is 1. The van der Waals surface area contributed by atoms with E-state index in [9.17, 15) is 4.79 Å². The Hall–Kier alpha value is -1.09. The van der Waals surface area contributed by atoms with Crippen LogP contribution in [0, 0.1) is 5.92 Å². The highest BCUT2D eigenvalue weighted by Crippen LogP contribution is 2.28. The Balaban J connectivity index is 2.30. The summed E-state index contributed by atoms with van der Waals surface area (Å²) in [6, 6.07) is 1.93. The molecule has 0 amide bonds. The van der Waals surface area contributed by atoms with Gasteiger partial charge in [0.05, 0.1) is 0 Å². The van der Waals surface area contributed by atoms with Gasteiger partial charge in [0, 0.05) is 30.5 Å². The minimum Gasteiger partial charge on any atom is -0.364 e. The summed E-state index contributed by atoms with van der Waals surface area (Å²) in [6.07, 6.45) is 4.88. The van der Waals surface area contributed by atoms with Crippen LogP contribution >= 0.6 is 0 Å². The Morgan fingerprint density at radius 2 is 2.40 bits per heavy atom. The normalized spacial score (nSPS) is 20.4. The minimum atomic E-state index is 0.232. The Kier molecular flexibility index (Phi) is 2.91. The molecule has 1 aliphatic carbocycles. The van der Waals surface area contributed by atoms with E-state index >= 15 is 0 Å². The number of methoxy groups -OCH3 is 1. The van der Waals surface area contributed by atoms with Gasteiger partial charge in [0.1, 0.15) is 6.73 Å². The Labute approximate surface area is 90.0 Å². The van der Waals surface area contributed by atoms with Crippen molar-refractivity contribution in [2.75, 3.05) is 7.11 Å². The van der Waals surface area contributed by atoms with Crippen LogP contribution in [-0.4, -0.2) is 17.5 Å². The first-order valence-electron chi connectivity index (χ1n) is 5.49. The Morgan fingerprint density at radius 3 is 3.07 bits per heavy atom. The molecular weight excluding hydrogens is 190 g/mol. The number of carbonyl (C=O) groups excluding carboxylic acids is 1. The second kappa shape index (κ2) is 4.19. The fraction of sp³-hybridized carbons (Fsp3) is 0.583. The second-order valence-electron chi connectivity index (χ2n) is 4.07. The molecule has 0 N–H and O–H groups in total. The summed E-state index contributed by atoms with van der Waals surface area (Å²) in [5.41, 5.74) is 2.05. The molecule has 3 heteroatoms. The molecule has 1 heterocycles. The van der Waals surface area contributed by atoms with Crippen LogP contribution in [-0.2, 0) is 17.9 Å². The topological polar surface area (TPSA) is 31.2 Å². The lowest BCUT2D eigenvalue weighted by Crippen LogP contribution is -2.22. The fourth-order valence-corrected chi connectivity index (χ4v) is 2.32. The van der Waals surface area contributed by atoms with Crippen molar-refractivity contribution in [2.24, 2.45) is 5.92 Å². The predicted octanol–water partition coefficient (Wildman–Crippen LogP) is 2.25. The molecule has 0 aromatic carbocycles. The first-order chi connectivity index (χ1) is 7.27. The standard InChI is InChI=1S/C12H17NO2/c1-3-9-4-5-11-10(12(9)14)6-7-13(11)8-15-2/h6-7,9H,3-5,8H2,1-2H3. The smallest absolute Gasteiger partial charge is 0.167 e. The first kappa shape index (κ1) is 10.4. The third kappa shape index (κ3) is 1.72. The van der Waals surface area contributed by atoms with Gasteiger partial charge in [-0.15, -0.1) is 0 Å². The van der Waals surface area contributed by atoms with Crippen LogP contribution in [0.2, 0.25) is 0 Å². The maximum atomic E-state index is 12.0. The minimum absolute atomic E-state index is 0.232. The number of fused-ring (bicyclic) bond motifs is 1. The average molecular weight is 207 g/mol. The Morgan fingerprint density at radius 1 is 1.60 bits per heavy atom. The van der Waals surface area contributed by atoms with Crippen LogP contribution in [0.4, 0.5) is 0 Å². The number of carbonyl (C=O) groups is 1. The van der Waals surface area contributed by atoms with Gasteiger partial charge >= 0.3 is 0 Å². The zero-order valence-corrected chi connectivity index (χ0v) is 9.32. The molecule has 1 aromatic rings. The van der Waals surface area contributed by atoms with Crippen molar-refractivity contribution in [2.45, 2.75) is 32.9 Å². The van der Waals surface area contributed by atoms with Gasteiger partial charge < -0.3 is 9.30 Å². The number of ketones is 1. The molecule has 1 unspecified atom stereocenters. The largest absolute Gasteiger partial charge is 0.364 e. The van der Waals surface area contributed by atoms with Gasteiger partial charge in [-0.3, -0.25) is 4.79 Å². The molecule has 0 saturated carbocycles. The molecule has 0 bridgehead atoms. The van der Waals surface area contributed by atoms with Crippen molar-refractivity contribution < 1.29 is 9.53 Å². The van der Waals surface area contributed by atoms with Crippen molar-refractivity contribution >= 4 is 5.78 Å². The molecule has 3 nitrogen and oxygen atoms in total. The molecule has 2 rings (SSSR count). The van der Waals surface area contributed by atoms with Crippen LogP contribution in [0.25, 0.3) is 0 Å². The van der Waals surface area contributed by atoms with E-state index in [4.69, 9.17) is 4.74 Å². The van der Waals surface area contributed by atoms with Crippen molar-refractivity contribution in [1.29, 1.82) is 0 Å². The number of hydrogen-bond acceptors (Lipinski definition) is 2. The summed E-state index contributed by atoms with van der Waals surface area (Å²) in [4.78, 5) is 12.0. The molecule has 1 aromatic heterocycles. The highest BCUT2D eigenvalue weighted by molar-refractivity contribution is 5.99. The molecule has 0 saturated heterocycles. The molecule has 0 radical (unpaired) electrons. The number of hydrogen-bond donors (Lipinski definition) is 0. The third-order valence-corrected chi connectivity index (χ3v) is 3.21. The van der Waals surface area contributed by atoms with Crippen molar-refractivity contribution in [3.63, 3.8) is 0 Å². The van der Waals surface area contributed by atoms with E-state index in [0.717, 1.165) is 30.5 Å². The van der Waals surface area contributed by atoms with E-state index in [1.807, 2.05) is 16.8 Å². The van der Waals surface area contributed by atoms with Crippen LogP contribution in [0.15, 0.2) is 12.3 Å². The lowest BCUT2D eigenvalue weighted by atomic mass is 9.85. The first-order valence-corrected chi connectivity index (χ1v) is 5.49. The van der Waals surface area contributed by atoms with Gasteiger partial charge in [0.2, 0.25) is 0 Å². The molecular formula is C12H17NO2. The highest BCUT2D eigenvalue weighted by atomic mass is 16.5. The molecule has 1 aliphatic rings. The van der Waals surface area contributed by atoms with E-state index in [1.165, 1.54) is 0 Å². The van der Waals surface area contributed by atoms with Crippen molar-refractivity contribution in [3.05, 3.63) is 23.5 Å². The summed E-state index contributed by atoms with van der Waals surface area (Å²) >= 11 is 0. The van der Waals surface area contributed by atoms with E-state index in [0.29, 0.717) is 12.5 Å². The van der Waals surface area contributed by atoms with Gasteiger partial charge in [0.25, 0.3) is 0 Å². The lowest BCUT2D eigenvalue weighted by Gasteiger charge is -2.21. The maximum absolute atomic E-state index is 12.0. The molecule has 1 atom stereocenters. The van der Waals surface area contributed by atoms with Gasteiger partial charge in [-0.25, -0.2) is 0 Å². The summed E-state index contributed by atoms with van der Waals surface area (Å²) < 4.78 is 7.12. The van der Waals surface area contributed by atoms with Gasteiger partial charge in [-0.1, -0.05) is 6.92 Å². The molecule has 0 fully saturated rings. The van der Waals surface area contributed by atoms with Gasteiger partial charge in [-0.2, -0.15) is 0 Å². The van der Waals surface area contributed by atoms with Crippen molar-refractivity contribution in [3.8, 4) is 0 Å². The molecule has 0 spiro atoms. The lowest BCUT2D eigenvalue weighted by molar-refractivity contribution is 0.0892. The monoisotopic (exact) mass is 207 g/mol. The number of aromatic nitrogens is 1.